The minimum Gasteiger partial charge on any atom is -0.510 e. The number of pyridine rings is 1. The Morgan fingerprint density at radius 2 is 1.25 bits per heavy atom. The fourth-order valence-corrected chi connectivity index (χ4v) is 7.69. The van der Waals surface area contributed by atoms with Gasteiger partial charge in [0.2, 0.25) is 0 Å². The predicted molar refractivity (Wildman–Crippen MR) is 214 cm³/mol. The van der Waals surface area contributed by atoms with Gasteiger partial charge in [0.25, 0.3) is 0 Å². The normalized spacial score (nSPS) is 12.0. The molecule has 4 heterocycles. The van der Waals surface area contributed by atoms with Gasteiger partial charge in [-0.15, -0.1) is 29.1 Å². The third kappa shape index (κ3) is 5.41. The van der Waals surface area contributed by atoms with E-state index in [9.17, 15) is 0 Å². The monoisotopic (exact) mass is 866 g/mol. The zero-order valence-corrected chi connectivity index (χ0v) is 32.1. The van der Waals surface area contributed by atoms with Gasteiger partial charge in [0.1, 0.15) is 5.65 Å². The summed E-state index contributed by atoms with van der Waals surface area (Å²) in [4.78, 5) is 5.51. The third-order valence-electron chi connectivity index (χ3n) is 10.2. The largest absolute Gasteiger partial charge is 0.510 e. The molecule has 53 heavy (non-hydrogen) atoms. The van der Waals surface area contributed by atoms with Crippen LogP contribution in [0.3, 0.4) is 0 Å². The molecule has 0 saturated carbocycles. The van der Waals surface area contributed by atoms with Crippen molar-refractivity contribution in [2.75, 3.05) is 0 Å². The number of aryl methyl sites for hydroxylation is 1. The minimum absolute atomic E-state index is 0. The van der Waals surface area contributed by atoms with Crippen LogP contribution in [-0.4, -0.2) is 18.5 Å². The first-order valence-corrected chi connectivity index (χ1v) is 17.7. The van der Waals surface area contributed by atoms with Crippen LogP contribution in [0, 0.1) is 19.1 Å². The molecule has 0 N–H and O–H groups in total. The molecule has 10 rings (SSSR count). The fraction of sp³-hybridized carbons (Fsp3) is 0.106. The van der Waals surface area contributed by atoms with E-state index in [1.54, 1.807) is 0 Å². The van der Waals surface area contributed by atoms with Gasteiger partial charge in [-0.25, -0.2) is 4.98 Å². The molecule has 0 amide bonds. The SMILES string of the molecule is Cc1cc2[c-]c(c1)n1[cH-]n(c3ccccc3c3ccccc3c3cc(C(C)(C)C)cc(n3)n3c4[c-]c(ccc4c4ccccc43)o2)-c2ccccc2-1.[Pt]. The quantitative estimate of drug-likeness (QED) is 0.143. The molecule has 0 aliphatic carbocycles. The molecular weight excluding hydrogens is 832 g/mol. The van der Waals surface area contributed by atoms with Crippen LogP contribution in [0.2, 0.25) is 0 Å². The molecule has 1 aliphatic heterocycles. The number of benzene rings is 6. The molecule has 9 aromatic rings. The molecule has 0 unspecified atom stereocenters. The van der Waals surface area contributed by atoms with E-state index in [0.29, 0.717) is 11.2 Å². The maximum Gasteiger partial charge on any atom is 0.136 e. The molecule has 0 radical (unpaired) electrons. The first kappa shape index (κ1) is 33.1. The van der Waals surface area contributed by atoms with Crippen molar-refractivity contribution in [3.63, 3.8) is 0 Å². The van der Waals surface area contributed by atoms with Crippen molar-refractivity contribution < 1.29 is 25.5 Å². The molecule has 0 saturated heterocycles. The zero-order chi connectivity index (χ0) is 35.1. The molecule has 8 bridgehead atoms. The molecule has 1 aliphatic rings. The maximum atomic E-state index is 6.63. The van der Waals surface area contributed by atoms with Gasteiger partial charge in [-0.2, -0.15) is 23.8 Å². The number of rotatable bonds is 0. The Morgan fingerprint density at radius 3 is 2.00 bits per heavy atom. The summed E-state index contributed by atoms with van der Waals surface area (Å²) < 4.78 is 13.4. The van der Waals surface area contributed by atoms with E-state index < -0.39 is 0 Å². The van der Waals surface area contributed by atoms with Crippen LogP contribution >= 0.6 is 0 Å². The maximum absolute atomic E-state index is 6.63. The molecule has 6 heteroatoms. The molecule has 0 fully saturated rings. The standard InChI is InChI=1S/C47H35N4O.Pt/c1-30-23-32-27-34(24-30)52-33-21-22-39-38-16-8-10-18-42(38)51(45(39)28-33)46-26-31(47(2,3)4)25-40(48-46)36-14-6-5-13-35(36)37-15-7-9-17-41(37)50-29-49(32)43-19-11-12-20-44(43)50;/h5-26,29H,1-4H3;/q-3;. The van der Waals surface area contributed by atoms with Crippen LogP contribution in [0.15, 0.2) is 144 Å². The average Bonchev–Trinajstić information content (AvgIpc) is 3.70. The summed E-state index contributed by atoms with van der Waals surface area (Å²) >= 11 is 0. The Hall–Kier alpha value is -5.77. The Kier molecular flexibility index (Phi) is 7.76. The summed E-state index contributed by atoms with van der Waals surface area (Å²) in [6, 6.07) is 54.4. The van der Waals surface area contributed by atoms with Crippen LogP contribution in [0.4, 0.5) is 0 Å². The van der Waals surface area contributed by atoms with E-state index in [1.165, 1.54) is 5.56 Å². The van der Waals surface area contributed by atoms with Gasteiger partial charge in [-0.3, -0.25) is 0 Å². The summed E-state index contributed by atoms with van der Waals surface area (Å²) in [6.45, 7) is 8.88. The summed E-state index contributed by atoms with van der Waals surface area (Å²) in [5.74, 6) is 0. The van der Waals surface area contributed by atoms with Crippen LogP contribution in [-0.2, 0) is 26.5 Å². The van der Waals surface area contributed by atoms with Gasteiger partial charge < -0.3 is 18.0 Å². The fourth-order valence-electron chi connectivity index (χ4n) is 7.69. The van der Waals surface area contributed by atoms with Crippen molar-refractivity contribution in [2.24, 2.45) is 0 Å². The van der Waals surface area contributed by atoms with Crippen molar-refractivity contribution in [2.45, 2.75) is 33.1 Å². The van der Waals surface area contributed by atoms with Crippen molar-refractivity contribution in [1.82, 2.24) is 18.5 Å². The van der Waals surface area contributed by atoms with Crippen molar-refractivity contribution in [3.8, 4) is 11.4 Å². The summed E-state index contributed by atoms with van der Waals surface area (Å²) in [6.07, 6.45) is 2.16. The second kappa shape index (κ2) is 12.4. The molecule has 0 atom stereocenters. The summed E-state index contributed by atoms with van der Waals surface area (Å²) in [7, 11) is 0. The van der Waals surface area contributed by atoms with Gasteiger partial charge in [0.15, 0.2) is 0 Å². The molecule has 0 spiro atoms. The second-order valence-electron chi connectivity index (χ2n) is 14.7. The molecule has 3 aromatic heterocycles. The van der Waals surface area contributed by atoms with Crippen molar-refractivity contribution in [3.05, 3.63) is 163 Å². The van der Waals surface area contributed by atoms with Crippen LogP contribution < -0.4 is 0 Å². The van der Waals surface area contributed by atoms with E-state index in [1.807, 2.05) is 12.1 Å². The van der Waals surface area contributed by atoms with Gasteiger partial charge in [0, 0.05) is 49.5 Å². The van der Waals surface area contributed by atoms with E-state index in [-0.39, 0.29) is 26.5 Å². The number of para-hydroxylation sites is 4. The summed E-state index contributed by atoms with van der Waals surface area (Å²) in [5, 5.41) is 5.53. The average molecular weight is 867 g/mol. The first-order chi connectivity index (χ1) is 25.3. The number of aromatic nitrogens is 4. The Morgan fingerprint density at radius 1 is 0.604 bits per heavy atom. The summed E-state index contributed by atoms with van der Waals surface area (Å²) in [5.41, 5.74) is 11.2. The van der Waals surface area contributed by atoms with E-state index in [2.05, 4.69) is 181 Å². The van der Waals surface area contributed by atoms with Crippen molar-refractivity contribution >= 4 is 71.3 Å². The van der Waals surface area contributed by atoms with E-state index >= 15 is 0 Å². The third-order valence-corrected chi connectivity index (χ3v) is 10.2. The molecule has 5 nitrogen and oxygen atoms in total. The van der Waals surface area contributed by atoms with E-state index in [4.69, 9.17) is 9.40 Å². The van der Waals surface area contributed by atoms with Gasteiger partial charge in [0.05, 0.1) is 5.52 Å². The molecular formula is C47H35N4OPt-3. The molecule has 262 valence electrons. The topological polar surface area (TPSA) is 40.3 Å². The van der Waals surface area contributed by atoms with E-state index in [0.717, 1.165) is 77.1 Å². The smallest absolute Gasteiger partial charge is 0.136 e. The van der Waals surface area contributed by atoms with Gasteiger partial charge in [-0.1, -0.05) is 124 Å². The first-order valence-electron chi connectivity index (χ1n) is 17.7. The van der Waals surface area contributed by atoms with Crippen LogP contribution in [0.1, 0.15) is 31.9 Å². The van der Waals surface area contributed by atoms with Crippen LogP contribution in [0.5, 0.6) is 0 Å². The van der Waals surface area contributed by atoms with Crippen molar-refractivity contribution in [1.29, 1.82) is 0 Å². The Balaban J connectivity index is 0.00000372. The Labute approximate surface area is 321 Å². The van der Waals surface area contributed by atoms with Gasteiger partial charge in [-0.05, 0) is 62.2 Å². The van der Waals surface area contributed by atoms with Crippen LogP contribution in [0.25, 0.3) is 82.7 Å². The second-order valence-corrected chi connectivity index (χ2v) is 14.7. The number of imidazole rings is 1. The number of fused-ring (bicyclic) bond motifs is 20. The number of hydrogen-bond acceptors (Lipinski definition) is 2. The number of nitrogens with zero attached hydrogens (tertiary/aromatic N) is 4. The minimum atomic E-state index is -0.135. The number of hydrogen-bond donors (Lipinski definition) is 0. The van der Waals surface area contributed by atoms with Gasteiger partial charge >= 0.3 is 0 Å². The predicted octanol–water partition coefficient (Wildman–Crippen LogP) is 12.0. The zero-order valence-electron chi connectivity index (χ0n) is 29.8. The molecule has 6 aromatic carbocycles. The Bertz CT molecular complexity index is 3140.